The van der Waals surface area contributed by atoms with E-state index in [-0.39, 0.29) is 0 Å². The van der Waals surface area contributed by atoms with Crippen LogP contribution in [-0.4, -0.2) is 4.98 Å². The molecule has 0 bridgehead atoms. The van der Waals surface area contributed by atoms with Gasteiger partial charge in [0.25, 0.3) is 0 Å². The lowest BCUT2D eigenvalue weighted by atomic mass is 9.82. The quantitative estimate of drug-likeness (QED) is 0.806. The maximum Gasteiger partial charge on any atom is 0.107 e. The van der Waals surface area contributed by atoms with E-state index in [4.69, 9.17) is 5.73 Å². The molecule has 0 radical (unpaired) electrons. The fraction of sp³-hybridized carbons (Fsp3) is 0.700. The van der Waals surface area contributed by atoms with Gasteiger partial charge in [0.2, 0.25) is 0 Å². The van der Waals surface area contributed by atoms with Crippen molar-refractivity contribution < 1.29 is 0 Å². The molecular formula is C10H16N2S. The molecule has 72 valence electrons. The minimum absolute atomic E-state index is 0.602. The molecule has 2 rings (SSSR count). The second kappa shape index (κ2) is 3.76. The molecule has 1 fully saturated rings. The van der Waals surface area contributed by atoms with Crippen molar-refractivity contribution in [3.63, 3.8) is 0 Å². The highest BCUT2D eigenvalue weighted by molar-refractivity contribution is 7.11. The highest BCUT2D eigenvalue weighted by Gasteiger charge is 2.24. The summed E-state index contributed by atoms with van der Waals surface area (Å²) in [7, 11) is 0. The van der Waals surface area contributed by atoms with Crippen molar-refractivity contribution in [3.05, 3.63) is 15.6 Å². The summed E-state index contributed by atoms with van der Waals surface area (Å²) in [6.45, 7) is 2.81. The van der Waals surface area contributed by atoms with Crippen molar-refractivity contribution in [1.29, 1.82) is 0 Å². The van der Waals surface area contributed by atoms with E-state index in [1.54, 1.807) is 11.3 Å². The summed E-state index contributed by atoms with van der Waals surface area (Å²) in [6, 6.07) is 0. The van der Waals surface area contributed by atoms with Crippen LogP contribution in [0.1, 0.15) is 47.7 Å². The summed E-state index contributed by atoms with van der Waals surface area (Å²) in [5, 5.41) is 1.11. The number of aromatic nitrogens is 1. The molecule has 13 heavy (non-hydrogen) atoms. The highest BCUT2D eigenvalue weighted by Crippen LogP contribution is 2.39. The molecule has 1 aromatic heterocycles. The van der Waals surface area contributed by atoms with E-state index >= 15 is 0 Å². The van der Waals surface area contributed by atoms with E-state index in [0.29, 0.717) is 6.54 Å². The van der Waals surface area contributed by atoms with E-state index in [1.807, 2.05) is 0 Å². The average molecular weight is 196 g/mol. The minimum atomic E-state index is 0.602. The molecule has 0 atom stereocenters. The Morgan fingerprint density at radius 3 is 2.77 bits per heavy atom. The van der Waals surface area contributed by atoms with Crippen LogP contribution < -0.4 is 5.73 Å². The first kappa shape index (κ1) is 9.16. The summed E-state index contributed by atoms with van der Waals surface area (Å²) in [5.41, 5.74) is 6.95. The van der Waals surface area contributed by atoms with E-state index in [2.05, 4.69) is 11.9 Å². The molecule has 1 heterocycles. The average Bonchev–Trinajstić information content (AvgIpc) is 2.45. The number of hydrogen-bond donors (Lipinski definition) is 1. The van der Waals surface area contributed by atoms with E-state index < -0.39 is 0 Å². The second-order valence-electron chi connectivity index (χ2n) is 3.60. The third-order valence-corrected chi connectivity index (χ3v) is 4.00. The Morgan fingerprint density at radius 1 is 1.54 bits per heavy atom. The first-order chi connectivity index (χ1) is 6.35. The molecule has 0 unspecified atom stereocenters. The molecule has 0 aliphatic heterocycles. The van der Waals surface area contributed by atoms with E-state index in [1.165, 1.54) is 29.8 Å². The molecule has 1 saturated carbocycles. The van der Waals surface area contributed by atoms with Gasteiger partial charge in [-0.3, -0.25) is 0 Å². The predicted molar refractivity (Wildman–Crippen MR) is 56.0 cm³/mol. The first-order valence-electron chi connectivity index (χ1n) is 5.03. The molecule has 3 heteroatoms. The first-order valence-corrected chi connectivity index (χ1v) is 5.85. The topological polar surface area (TPSA) is 38.9 Å². The summed E-state index contributed by atoms with van der Waals surface area (Å²) < 4.78 is 0. The van der Waals surface area contributed by atoms with Crippen LogP contribution in [0.2, 0.25) is 0 Å². The van der Waals surface area contributed by atoms with Gasteiger partial charge in [-0.15, -0.1) is 11.3 Å². The van der Waals surface area contributed by atoms with Crippen molar-refractivity contribution in [2.24, 2.45) is 5.73 Å². The maximum absolute atomic E-state index is 5.59. The van der Waals surface area contributed by atoms with Gasteiger partial charge in [0, 0.05) is 17.3 Å². The Kier molecular flexibility index (Phi) is 2.65. The zero-order chi connectivity index (χ0) is 9.26. The molecule has 0 aromatic carbocycles. The van der Waals surface area contributed by atoms with Gasteiger partial charge in [0.05, 0.1) is 5.69 Å². The van der Waals surface area contributed by atoms with Gasteiger partial charge in [-0.05, 0) is 19.3 Å². The zero-order valence-electron chi connectivity index (χ0n) is 8.05. The molecular weight excluding hydrogens is 180 g/mol. The highest BCUT2D eigenvalue weighted by atomic mass is 32.1. The lowest BCUT2D eigenvalue weighted by molar-refractivity contribution is 0.410. The lowest BCUT2D eigenvalue weighted by Crippen LogP contribution is -2.11. The van der Waals surface area contributed by atoms with Crippen LogP contribution >= 0.6 is 11.3 Å². The Bertz CT molecular complexity index is 289. The molecule has 2 N–H and O–H groups in total. The fourth-order valence-electron chi connectivity index (χ4n) is 1.76. The summed E-state index contributed by atoms with van der Waals surface area (Å²) in [4.78, 5) is 6.08. The van der Waals surface area contributed by atoms with Crippen LogP contribution in [-0.2, 0) is 13.0 Å². The van der Waals surface area contributed by atoms with Crippen molar-refractivity contribution in [2.75, 3.05) is 0 Å². The van der Waals surface area contributed by atoms with Crippen LogP contribution in [0.5, 0.6) is 0 Å². The number of nitrogens with zero attached hydrogens (tertiary/aromatic N) is 1. The molecule has 0 amide bonds. The van der Waals surface area contributed by atoms with Crippen molar-refractivity contribution in [1.82, 2.24) is 4.98 Å². The monoisotopic (exact) mass is 196 g/mol. The third kappa shape index (κ3) is 1.63. The van der Waals surface area contributed by atoms with Gasteiger partial charge in [-0.25, -0.2) is 4.98 Å². The second-order valence-corrected chi connectivity index (χ2v) is 4.77. The van der Waals surface area contributed by atoms with Gasteiger partial charge < -0.3 is 5.73 Å². The largest absolute Gasteiger partial charge is 0.325 e. The van der Waals surface area contributed by atoms with Gasteiger partial charge in [-0.2, -0.15) is 0 Å². The number of nitrogens with two attached hydrogens (primary N) is 1. The molecule has 1 aliphatic carbocycles. The summed E-state index contributed by atoms with van der Waals surface area (Å²) >= 11 is 1.80. The lowest BCUT2D eigenvalue weighted by Gasteiger charge is -2.24. The molecule has 1 aliphatic rings. The third-order valence-electron chi connectivity index (χ3n) is 2.76. The van der Waals surface area contributed by atoms with Gasteiger partial charge in [0.15, 0.2) is 0 Å². The van der Waals surface area contributed by atoms with Crippen LogP contribution in [0.3, 0.4) is 0 Å². The van der Waals surface area contributed by atoms with Gasteiger partial charge >= 0.3 is 0 Å². The fourth-order valence-corrected chi connectivity index (χ4v) is 2.73. The van der Waals surface area contributed by atoms with Crippen LogP contribution in [0, 0.1) is 0 Å². The van der Waals surface area contributed by atoms with E-state index in [9.17, 15) is 0 Å². The van der Waals surface area contributed by atoms with Gasteiger partial charge in [0.1, 0.15) is 5.01 Å². The normalized spacial score (nSPS) is 17.4. The zero-order valence-corrected chi connectivity index (χ0v) is 8.86. The molecule has 0 saturated heterocycles. The standard InChI is InChI=1S/C10H16N2S/c1-2-8-10(7-4-3-5-7)12-9(6-11)13-8/h7H,2-6,11H2,1H3. The maximum atomic E-state index is 5.59. The number of rotatable bonds is 3. The molecule has 2 nitrogen and oxygen atoms in total. The van der Waals surface area contributed by atoms with Crippen LogP contribution in [0.25, 0.3) is 0 Å². The van der Waals surface area contributed by atoms with Crippen LogP contribution in [0.4, 0.5) is 0 Å². The van der Waals surface area contributed by atoms with Crippen molar-refractivity contribution >= 4 is 11.3 Å². The predicted octanol–water partition coefficient (Wildman–Crippen LogP) is 2.43. The van der Waals surface area contributed by atoms with Crippen LogP contribution in [0.15, 0.2) is 0 Å². The Morgan fingerprint density at radius 2 is 2.31 bits per heavy atom. The summed E-state index contributed by atoms with van der Waals surface area (Å²) in [5.74, 6) is 0.756. The van der Waals surface area contributed by atoms with Crippen molar-refractivity contribution in [3.8, 4) is 0 Å². The number of hydrogen-bond acceptors (Lipinski definition) is 3. The number of thiazole rings is 1. The SMILES string of the molecule is CCc1sc(CN)nc1C1CCC1. The number of aryl methyl sites for hydroxylation is 1. The smallest absolute Gasteiger partial charge is 0.107 e. The Balaban J connectivity index is 2.25. The minimum Gasteiger partial charge on any atom is -0.325 e. The molecule has 1 aromatic rings. The van der Waals surface area contributed by atoms with Crippen molar-refractivity contribution in [2.45, 2.75) is 45.1 Å². The van der Waals surface area contributed by atoms with E-state index in [0.717, 1.165) is 17.3 Å². The Hall–Kier alpha value is -0.410. The molecule has 0 spiro atoms. The van der Waals surface area contributed by atoms with Gasteiger partial charge in [-0.1, -0.05) is 13.3 Å². The Labute approximate surface area is 83.2 Å². The summed E-state index contributed by atoms with van der Waals surface area (Å²) in [6.07, 6.45) is 5.16.